The average molecular weight is 620 g/mol. The van der Waals surface area contributed by atoms with Crippen molar-refractivity contribution in [2.75, 3.05) is 16.8 Å². The predicted molar refractivity (Wildman–Crippen MR) is 163 cm³/mol. The number of fused-ring (bicyclic) bond motifs is 2. The van der Waals surface area contributed by atoms with Crippen LogP contribution in [0, 0.1) is 12.8 Å². The number of aryl methyl sites for hydroxylation is 1. The van der Waals surface area contributed by atoms with Gasteiger partial charge in [-0.3, -0.25) is 23.7 Å². The molecule has 4 heterocycles. The fraction of sp³-hybridized carbons (Fsp3) is 0.233. The van der Waals surface area contributed by atoms with E-state index in [0.717, 1.165) is 21.8 Å². The third-order valence-electron chi connectivity index (χ3n) is 7.17. The number of hydrogen-bond acceptors (Lipinski definition) is 9. The first-order valence-electron chi connectivity index (χ1n) is 13.2. The molecule has 3 amide bonds. The lowest BCUT2D eigenvalue weighted by Crippen LogP contribution is -2.32. The van der Waals surface area contributed by atoms with Gasteiger partial charge in [0.05, 0.1) is 28.8 Å². The first-order chi connectivity index (χ1) is 20.3. The van der Waals surface area contributed by atoms with Gasteiger partial charge in [-0.1, -0.05) is 46.9 Å². The van der Waals surface area contributed by atoms with Crippen LogP contribution in [0.3, 0.4) is 0 Å². The monoisotopic (exact) mass is 619 g/mol. The quantitative estimate of drug-likeness (QED) is 0.231. The van der Waals surface area contributed by atoms with Gasteiger partial charge in [0.15, 0.2) is 0 Å². The normalized spacial score (nSPS) is 19.4. The number of carbonyl (C=O) groups is 4. The topological polar surface area (TPSA) is 115 Å². The Bertz CT molecular complexity index is 1740. The van der Waals surface area contributed by atoms with Gasteiger partial charge < -0.3 is 10.1 Å². The van der Waals surface area contributed by atoms with Crippen LogP contribution in [0.4, 0.5) is 11.4 Å². The Morgan fingerprint density at radius 3 is 2.38 bits per heavy atom. The summed E-state index contributed by atoms with van der Waals surface area (Å²) in [5, 5.41) is 4.46. The number of thioether (sulfide) groups is 1. The van der Waals surface area contributed by atoms with Crippen molar-refractivity contribution < 1.29 is 23.9 Å². The molecule has 2 aromatic carbocycles. The van der Waals surface area contributed by atoms with Crippen LogP contribution in [0.5, 0.6) is 0 Å². The summed E-state index contributed by atoms with van der Waals surface area (Å²) in [4.78, 5) is 68.3. The van der Waals surface area contributed by atoms with E-state index in [1.807, 2.05) is 36.6 Å². The Kier molecular flexibility index (Phi) is 7.60. The molecule has 6 rings (SSSR count). The van der Waals surface area contributed by atoms with E-state index in [9.17, 15) is 24.0 Å². The minimum absolute atomic E-state index is 0.258. The van der Waals surface area contributed by atoms with E-state index in [2.05, 4.69) is 5.32 Å². The van der Waals surface area contributed by atoms with Gasteiger partial charge in [0, 0.05) is 21.4 Å². The highest BCUT2D eigenvalue weighted by atomic mass is 32.2. The molecule has 0 radical (unpaired) electrons. The fourth-order valence-electron chi connectivity index (χ4n) is 5.23. The van der Waals surface area contributed by atoms with Crippen molar-refractivity contribution in [1.82, 2.24) is 4.57 Å². The number of benzene rings is 2. The highest BCUT2D eigenvalue weighted by molar-refractivity contribution is 8.00. The number of esters is 1. The molecule has 2 aliphatic heterocycles. The smallest absolute Gasteiger partial charge is 0.338 e. The molecule has 1 saturated heterocycles. The molecule has 2 aliphatic rings. The van der Waals surface area contributed by atoms with Crippen LogP contribution < -0.4 is 15.1 Å². The van der Waals surface area contributed by atoms with E-state index in [-0.39, 0.29) is 29.8 Å². The Hall–Kier alpha value is -4.00. The molecule has 0 bridgehead atoms. The van der Waals surface area contributed by atoms with Crippen molar-refractivity contribution in [2.45, 2.75) is 36.6 Å². The number of ether oxygens (including phenoxy) is 1. The van der Waals surface area contributed by atoms with E-state index >= 15 is 0 Å². The molecule has 42 heavy (non-hydrogen) atoms. The third kappa shape index (κ3) is 4.99. The average Bonchev–Trinajstić information content (AvgIpc) is 3.67. The lowest BCUT2D eigenvalue weighted by molar-refractivity contribution is -0.122. The molecular weight excluding hydrogens is 595 g/mol. The molecule has 214 valence electrons. The highest BCUT2D eigenvalue weighted by Crippen LogP contribution is 2.54. The largest absolute Gasteiger partial charge is 0.462 e. The zero-order valence-corrected chi connectivity index (χ0v) is 25.0. The maximum atomic E-state index is 13.8. The van der Waals surface area contributed by atoms with Crippen molar-refractivity contribution in [2.24, 2.45) is 5.92 Å². The molecule has 0 aliphatic carbocycles. The lowest BCUT2D eigenvalue weighted by Gasteiger charge is -2.29. The van der Waals surface area contributed by atoms with Gasteiger partial charge in [0.1, 0.15) is 11.8 Å². The molecule has 2 aromatic heterocycles. The molecule has 0 spiro atoms. The van der Waals surface area contributed by atoms with Crippen molar-refractivity contribution in [1.29, 1.82) is 0 Å². The van der Waals surface area contributed by atoms with Crippen molar-refractivity contribution >= 4 is 69.5 Å². The Labute approximate surface area is 253 Å². The number of carbonyl (C=O) groups excluding carboxylic acids is 4. The molecule has 3 atom stereocenters. The van der Waals surface area contributed by atoms with Crippen LogP contribution in [0.2, 0.25) is 0 Å². The summed E-state index contributed by atoms with van der Waals surface area (Å²) < 4.78 is 6.37. The minimum atomic E-state index is -0.739. The number of amides is 3. The Morgan fingerprint density at radius 1 is 0.976 bits per heavy atom. The zero-order valence-electron chi connectivity index (χ0n) is 22.6. The number of imide groups is 1. The van der Waals surface area contributed by atoms with E-state index in [4.69, 9.17) is 4.74 Å². The van der Waals surface area contributed by atoms with Gasteiger partial charge in [-0.05, 0) is 61.7 Å². The van der Waals surface area contributed by atoms with E-state index in [1.165, 1.54) is 32.6 Å². The standard InChI is InChI=1S/C30H25N3O6S3/c1-3-39-29(37)17-8-10-18(11-9-17)31-21(34)15-32-28-25(42-30(32)38)22(20-5-4-14-40-20)23-24(41-28)27(36)33(26(23)35)19-12-6-16(2)7-13-19/h4-14,22-24H,3,15H2,1-2H3,(H,31,34). The van der Waals surface area contributed by atoms with Gasteiger partial charge in [-0.15, -0.1) is 11.3 Å². The second kappa shape index (κ2) is 11.3. The summed E-state index contributed by atoms with van der Waals surface area (Å²) in [7, 11) is 0. The number of nitrogens with one attached hydrogen (secondary N) is 1. The molecule has 0 saturated carbocycles. The van der Waals surface area contributed by atoms with Crippen LogP contribution >= 0.6 is 34.4 Å². The highest BCUT2D eigenvalue weighted by Gasteiger charge is 2.57. The van der Waals surface area contributed by atoms with Crippen LogP contribution in [-0.4, -0.2) is 40.1 Å². The fourth-order valence-corrected chi connectivity index (χ4v) is 8.95. The molecule has 3 unspecified atom stereocenters. The Morgan fingerprint density at radius 2 is 1.71 bits per heavy atom. The first kappa shape index (κ1) is 28.1. The van der Waals surface area contributed by atoms with Crippen LogP contribution in [0.25, 0.3) is 0 Å². The number of thiophene rings is 1. The van der Waals surface area contributed by atoms with Crippen LogP contribution in [0.15, 0.2) is 75.9 Å². The Balaban J connectivity index is 1.30. The number of nitrogens with zero attached hydrogens (tertiary/aromatic N) is 2. The van der Waals surface area contributed by atoms with Crippen LogP contribution in [0.1, 0.15) is 38.5 Å². The number of rotatable bonds is 7. The third-order valence-corrected chi connectivity index (χ3v) is 10.7. The van der Waals surface area contributed by atoms with Crippen molar-refractivity contribution in [3.05, 3.63) is 96.6 Å². The zero-order chi connectivity index (χ0) is 29.5. The number of aromatic nitrogens is 1. The molecule has 1 N–H and O–H groups in total. The summed E-state index contributed by atoms with van der Waals surface area (Å²) in [5.74, 6) is -2.66. The summed E-state index contributed by atoms with van der Waals surface area (Å²) in [5.41, 5.74) is 2.35. The van der Waals surface area contributed by atoms with Gasteiger partial charge in [-0.2, -0.15) is 0 Å². The SMILES string of the molecule is CCOC(=O)c1ccc(NC(=O)Cn2c3c(sc2=O)C(c2cccs2)C2C(=O)N(c4ccc(C)cc4)C(=O)C2S3)cc1. The summed E-state index contributed by atoms with van der Waals surface area (Å²) >= 11 is 3.67. The van der Waals surface area contributed by atoms with Gasteiger partial charge in [0.2, 0.25) is 17.7 Å². The molecule has 1 fully saturated rings. The predicted octanol–water partition coefficient (Wildman–Crippen LogP) is 4.89. The van der Waals surface area contributed by atoms with E-state index < -0.39 is 29.0 Å². The van der Waals surface area contributed by atoms with Gasteiger partial charge >= 0.3 is 10.8 Å². The molecular formula is C30H25N3O6S3. The first-order valence-corrected chi connectivity index (χ1v) is 15.8. The van der Waals surface area contributed by atoms with E-state index in [0.29, 0.717) is 26.8 Å². The molecule has 4 aromatic rings. The molecule has 9 nitrogen and oxygen atoms in total. The summed E-state index contributed by atoms with van der Waals surface area (Å²) in [6.45, 7) is 3.65. The summed E-state index contributed by atoms with van der Waals surface area (Å²) in [6, 6.07) is 17.3. The maximum Gasteiger partial charge on any atom is 0.338 e. The van der Waals surface area contributed by atoms with Gasteiger partial charge in [-0.25, -0.2) is 9.69 Å². The van der Waals surface area contributed by atoms with Crippen molar-refractivity contribution in [3.8, 4) is 0 Å². The lowest BCUT2D eigenvalue weighted by atomic mass is 9.87. The minimum Gasteiger partial charge on any atom is -0.462 e. The van der Waals surface area contributed by atoms with Crippen LogP contribution in [-0.2, 0) is 25.7 Å². The second-order valence-electron chi connectivity index (χ2n) is 9.87. The van der Waals surface area contributed by atoms with E-state index in [1.54, 1.807) is 43.3 Å². The van der Waals surface area contributed by atoms with Gasteiger partial charge in [0.25, 0.3) is 0 Å². The molecule has 12 heteroatoms. The van der Waals surface area contributed by atoms with Crippen molar-refractivity contribution in [3.63, 3.8) is 0 Å². The number of thiazole rings is 1. The second-order valence-corrected chi connectivity index (χ2v) is 13.0. The summed E-state index contributed by atoms with van der Waals surface area (Å²) in [6.07, 6.45) is 0. The number of anilines is 2. The number of hydrogen-bond donors (Lipinski definition) is 1. The maximum absolute atomic E-state index is 13.8.